The highest BCUT2D eigenvalue weighted by molar-refractivity contribution is 5.94. The van der Waals surface area contributed by atoms with Gasteiger partial charge in [-0.2, -0.15) is 0 Å². The molecule has 0 unspecified atom stereocenters. The fourth-order valence-corrected chi connectivity index (χ4v) is 4.79. The van der Waals surface area contributed by atoms with Crippen LogP contribution in [0, 0.1) is 20.8 Å². The fourth-order valence-electron chi connectivity index (χ4n) is 4.79. The summed E-state index contributed by atoms with van der Waals surface area (Å²) in [6, 6.07) is 16.1. The number of nitrogens with zero attached hydrogens (tertiary/aromatic N) is 4. The van der Waals surface area contributed by atoms with Gasteiger partial charge in [-0.1, -0.05) is 42.0 Å². The second kappa shape index (κ2) is 10.6. The van der Waals surface area contributed by atoms with Crippen LogP contribution >= 0.6 is 0 Å². The van der Waals surface area contributed by atoms with Crippen LogP contribution in [-0.4, -0.2) is 51.2 Å². The van der Waals surface area contributed by atoms with Crippen LogP contribution in [0.2, 0.25) is 0 Å². The van der Waals surface area contributed by atoms with Crippen molar-refractivity contribution in [2.24, 2.45) is 0 Å². The van der Waals surface area contributed by atoms with E-state index in [4.69, 9.17) is 4.74 Å². The number of rotatable bonds is 6. The van der Waals surface area contributed by atoms with E-state index in [1.807, 2.05) is 61.3 Å². The second-order valence-corrected chi connectivity index (χ2v) is 9.80. The zero-order chi connectivity index (χ0) is 25.9. The van der Waals surface area contributed by atoms with E-state index in [1.54, 1.807) is 21.7 Å². The van der Waals surface area contributed by atoms with E-state index in [0.29, 0.717) is 50.4 Å². The van der Waals surface area contributed by atoms with Crippen LogP contribution in [0.1, 0.15) is 43.9 Å². The van der Waals surface area contributed by atoms with Gasteiger partial charge in [0, 0.05) is 43.2 Å². The van der Waals surface area contributed by atoms with Crippen molar-refractivity contribution in [3.8, 4) is 5.69 Å². The number of aryl methyl sites for hydroxylation is 3. The third-order valence-electron chi connectivity index (χ3n) is 6.82. The third kappa shape index (κ3) is 5.57. The van der Waals surface area contributed by atoms with Crippen LogP contribution < -0.4 is 5.56 Å². The molecule has 0 atom stereocenters. The first kappa shape index (κ1) is 24.7. The Kier molecular flexibility index (Phi) is 7.06. The lowest BCUT2D eigenvalue weighted by molar-refractivity contribution is 0.0302. The highest BCUT2D eigenvalue weighted by Gasteiger charge is 2.21. The van der Waals surface area contributed by atoms with Gasteiger partial charge in [0.25, 0.3) is 11.5 Å². The number of benzene rings is 2. The lowest BCUT2D eigenvalue weighted by Gasteiger charge is -2.27. The Hall–Kier alpha value is -3.97. The summed E-state index contributed by atoms with van der Waals surface area (Å²) < 4.78 is 9.09. The lowest BCUT2D eigenvalue weighted by Crippen LogP contribution is -2.41. The van der Waals surface area contributed by atoms with Gasteiger partial charge in [-0.15, -0.1) is 0 Å². The third-order valence-corrected chi connectivity index (χ3v) is 6.82. The average molecular weight is 497 g/mol. The van der Waals surface area contributed by atoms with Crippen molar-refractivity contribution >= 4 is 5.91 Å². The molecule has 2 aromatic heterocycles. The molecule has 7 nitrogen and oxygen atoms in total. The Labute approximate surface area is 217 Å². The maximum absolute atomic E-state index is 13.6. The predicted molar refractivity (Wildman–Crippen MR) is 144 cm³/mol. The zero-order valence-corrected chi connectivity index (χ0v) is 21.6. The first-order chi connectivity index (χ1) is 17.9. The average Bonchev–Trinajstić information content (AvgIpc) is 3.33. The van der Waals surface area contributed by atoms with Gasteiger partial charge in [0.2, 0.25) is 0 Å². The van der Waals surface area contributed by atoms with E-state index in [9.17, 15) is 9.59 Å². The van der Waals surface area contributed by atoms with Crippen LogP contribution in [-0.2, 0) is 17.7 Å². The Morgan fingerprint density at radius 3 is 2.35 bits per heavy atom. The molecular formula is C30H32N4O3. The van der Waals surface area contributed by atoms with Gasteiger partial charge in [-0.25, -0.2) is 4.98 Å². The molecule has 2 aromatic carbocycles. The molecule has 1 saturated heterocycles. The molecule has 0 bridgehead atoms. The molecule has 1 amide bonds. The topological polar surface area (TPSA) is 69.4 Å². The number of hydrogen-bond donors (Lipinski definition) is 0. The standard InChI is InChI=1S/C30H32N4O3/c1-21-4-6-24(7-5-21)18-33-19-27(30(36)32-10-12-37-13-11-32)16-26(29(33)35)15-25-8-9-28(22(2)14-25)34-17-23(3)31-20-34/h4-9,14,16-17,19-20H,10-13,15,18H2,1-3H3. The minimum absolute atomic E-state index is 0.0655. The van der Waals surface area contributed by atoms with Gasteiger partial charge >= 0.3 is 0 Å². The van der Waals surface area contributed by atoms with E-state index >= 15 is 0 Å². The first-order valence-electron chi connectivity index (χ1n) is 12.6. The van der Waals surface area contributed by atoms with Crippen molar-refractivity contribution in [2.45, 2.75) is 33.7 Å². The molecule has 1 fully saturated rings. The van der Waals surface area contributed by atoms with Gasteiger partial charge in [0.15, 0.2) is 0 Å². The van der Waals surface area contributed by atoms with Crippen LogP contribution in [0.4, 0.5) is 0 Å². The SMILES string of the molecule is Cc1ccc(Cn2cc(C(=O)N3CCOCC3)cc(Cc3ccc(-n4cnc(C)c4)c(C)c3)c2=O)cc1. The molecule has 5 rings (SSSR count). The van der Waals surface area contributed by atoms with Crippen molar-refractivity contribution in [3.63, 3.8) is 0 Å². The number of ether oxygens (including phenoxy) is 1. The summed E-state index contributed by atoms with van der Waals surface area (Å²) in [5, 5.41) is 0. The molecule has 0 saturated carbocycles. The van der Waals surface area contributed by atoms with Crippen LogP contribution in [0.5, 0.6) is 0 Å². The summed E-state index contributed by atoms with van der Waals surface area (Å²) in [6.45, 7) is 8.65. The molecular weight excluding hydrogens is 464 g/mol. The number of hydrogen-bond acceptors (Lipinski definition) is 4. The normalized spacial score (nSPS) is 13.6. The van der Waals surface area contributed by atoms with Crippen molar-refractivity contribution in [1.29, 1.82) is 0 Å². The molecule has 190 valence electrons. The van der Waals surface area contributed by atoms with E-state index < -0.39 is 0 Å². The van der Waals surface area contributed by atoms with Crippen molar-refractivity contribution in [1.82, 2.24) is 19.0 Å². The van der Waals surface area contributed by atoms with Crippen LogP contribution in [0.25, 0.3) is 5.69 Å². The summed E-state index contributed by atoms with van der Waals surface area (Å²) >= 11 is 0. The predicted octanol–water partition coefficient (Wildman–Crippen LogP) is 4.07. The quantitative estimate of drug-likeness (QED) is 0.404. The summed E-state index contributed by atoms with van der Waals surface area (Å²) in [5.41, 5.74) is 7.37. The maximum Gasteiger partial charge on any atom is 0.255 e. The van der Waals surface area contributed by atoms with Crippen LogP contribution in [0.15, 0.2) is 72.0 Å². The van der Waals surface area contributed by atoms with Crippen molar-refractivity contribution in [3.05, 3.63) is 117 Å². The molecule has 0 N–H and O–H groups in total. The number of aromatic nitrogens is 3. The summed E-state index contributed by atoms with van der Waals surface area (Å²) in [7, 11) is 0. The molecule has 0 spiro atoms. The van der Waals surface area contributed by atoms with Crippen molar-refractivity contribution in [2.75, 3.05) is 26.3 Å². The van der Waals surface area contributed by atoms with Gasteiger partial charge in [-0.05, 0) is 49.6 Å². The number of amides is 1. The smallest absolute Gasteiger partial charge is 0.255 e. The first-order valence-corrected chi connectivity index (χ1v) is 12.6. The van der Waals surface area contributed by atoms with Gasteiger partial charge in [0.05, 0.1) is 37.3 Å². The molecule has 0 radical (unpaired) electrons. The number of carbonyl (C=O) groups is 1. The molecule has 4 aromatic rings. The summed E-state index contributed by atoms with van der Waals surface area (Å²) in [6.07, 6.45) is 5.95. The molecule has 7 heteroatoms. The number of pyridine rings is 1. The maximum atomic E-state index is 13.6. The highest BCUT2D eigenvalue weighted by atomic mass is 16.5. The zero-order valence-electron chi connectivity index (χ0n) is 21.6. The summed E-state index contributed by atoms with van der Waals surface area (Å²) in [4.78, 5) is 33.1. The minimum Gasteiger partial charge on any atom is -0.378 e. The monoisotopic (exact) mass is 496 g/mol. The fraction of sp³-hybridized carbons (Fsp3) is 0.300. The van der Waals surface area contributed by atoms with E-state index in [2.05, 4.69) is 24.0 Å². The molecule has 1 aliphatic heterocycles. The van der Waals surface area contributed by atoms with Crippen LogP contribution in [0.3, 0.4) is 0 Å². The van der Waals surface area contributed by atoms with E-state index in [0.717, 1.165) is 33.6 Å². The van der Waals surface area contributed by atoms with Crippen molar-refractivity contribution < 1.29 is 9.53 Å². The number of carbonyl (C=O) groups excluding carboxylic acids is 1. The molecule has 0 aliphatic carbocycles. The largest absolute Gasteiger partial charge is 0.378 e. The number of morpholine rings is 1. The Bertz CT molecular complexity index is 1480. The summed E-state index contributed by atoms with van der Waals surface area (Å²) in [5.74, 6) is -0.0655. The van der Waals surface area contributed by atoms with Gasteiger partial charge in [0.1, 0.15) is 0 Å². The van der Waals surface area contributed by atoms with Gasteiger partial charge < -0.3 is 18.8 Å². The highest BCUT2D eigenvalue weighted by Crippen LogP contribution is 2.19. The Balaban J connectivity index is 1.49. The molecule has 1 aliphatic rings. The second-order valence-electron chi connectivity index (χ2n) is 9.80. The molecule has 3 heterocycles. The van der Waals surface area contributed by atoms with Gasteiger partial charge in [-0.3, -0.25) is 9.59 Å². The molecule has 37 heavy (non-hydrogen) atoms. The lowest BCUT2D eigenvalue weighted by atomic mass is 10.0. The Morgan fingerprint density at radius 1 is 0.946 bits per heavy atom. The Morgan fingerprint density at radius 2 is 1.68 bits per heavy atom. The van der Waals surface area contributed by atoms with E-state index in [-0.39, 0.29) is 11.5 Å². The number of imidazole rings is 1. The minimum atomic E-state index is -0.0777. The van der Waals surface area contributed by atoms with E-state index in [1.165, 1.54) is 0 Å².